The van der Waals surface area contributed by atoms with Crippen molar-refractivity contribution < 1.29 is 73.8 Å². The van der Waals surface area contributed by atoms with Gasteiger partial charge in [-0.25, -0.2) is 0 Å². The molecule has 11 unspecified atom stereocenters. The molecule has 0 aromatic carbocycles. The summed E-state index contributed by atoms with van der Waals surface area (Å²) in [5.41, 5.74) is 0. The molecule has 2 aliphatic heterocycles. The van der Waals surface area contributed by atoms with E-state index in [2.05, 4.69) is 26.0 Å². The van der Waals surface area contributed by atoms with Crippen molar-refractivity contribution in [3.8, 4) is 0 Å². The highest BCUT2D eigenvalue weighted by Gasteiger charge is 2.47. The number of esters is 2. The van der Waals surface area contributed by atoms with Crippen molar-refractivity contribution in [3.63, 3.8) is 0 Å². The Morgan fingerprint density at radius 3 is 1.31 bits per heavy atom. The minimum Gasteiger partial charge on any atom is -0.462 e. The lowest BCUT2D eigenvalue weighted by molar-refractivity contribution is -0.332. The Morgan fingerprint density at radius 2 is 0.843 bits per heavy atom. The first-order chi connectivity index (χ1) is 34.0. The molecular weight excluding hydrogens is 901 g/mol. The number of carbonyl (C=O) groups excluding carboxylic acids is 2. The molecule has 15 nitrogen and oxygen atoms in total. The zero-order valence-corrected chi connectivity index (χ0v) is 43.8. The lowest BCUT2D eigenvalue weighted by Gasteiger charge is -2.42. The zero-order valence-electron chi connectivity index (χ0n) is 43.8. The van der Waals surface area contributed by atoms with Gasteiger partial charge in [0.15, 0.2) is 18.7 Å². The van der Waals surface area contributed by atoms with Crippen molar-refractivity contribution in [1.29, 1.82) is 0 Å². The first-order valence-electron chi connectivity index (χ1n) is 28.3. The third kappa shape index (κ3) is 29.8. The molecule has 0 aromatic rings. The average Bonchev–Trinajstić information content (AvgIpc) is 3.35. The van der Waals surface area contributed by atoms with E-state index in [1.807, 2.05) is 0 Å². The molecule has 0 aliphatic carbocycles. The van der Waals surface area contributed by atoms with Gasteiger partial charge in [0, 0.05) is 12.8 Å². The van der Waals surface area contributed by atoms with E-state index < -0.39 is 92.7 Å². The average molecular weight is 1000 g/mol. The van der Waals surface area contributed by atoms with Gasteiger partial charge in [0.05, 0.1) is 19.8 Å². The number of aliphatic hydroxyl groups excluding tert-OH is 7. The fourth-order valence-corrected chi connectivity index (χ4v) is 9.10. The monoisotopic (exact) mass is 1000 g/mol. The molecule has 2 aliphatic rings. The van der Waals surface area contributed by atoms with Crippen LogP contribution in [0.15, 0.2) is 12.2 Å². The number of hydrogen-bond acceptors (Lipinski definition) is 15. The molecule has 15 heteroatoms. The number of ether oxygens (including phenoxy) is 6. The maximum Gasteiger partial charge on any atom is 0.306 e. The lowest BCUT2D eigenvalue weighted by atomic mass is 9.98. The summed E-state index contributed by atoms with van der Waals surface area (Å²) >= 11 is 0. The minimum atomic E-state index is -1.76. The molecule has 0 saturated carbocycles. The zero-order chi connectivity index (χ0) is 51.0. The number of hydrogen-bond donors (Lipinski definition) is 7. The molecule has 70 heavy (non-hydrogen) atoms. The highest BCUT2D eigenvalue weighted by Crippen LogP contribution is 2.27. The molecular formula is C55H102O15. The predicted octanol–water partition coefficient (Wildman–Crippen LogP) is 8.94. The smallest absolute Gasteiger partial charge is 0.306 e. The van der Waals surface area contributed by atoms with Crippen molar-refractivity contribution in [2.75, 3.05) is 26.4 Å². The van der Waals surface area contributed by atoms with Crippen LogP contribution in [0.1, 0.15) is 232 Å². The van der Waals surface area contributed by atoms with Crippen molar-refractivity contribution >= 4 is 11.9 Å². The summed E-state index contributed by atoms with van der Waals surface area (Å²) < 4.78 is 33.6. The summed E-state index contributed by atoms with van der Waals surface area (Å²) in [4.78, 5) is 25.7. The fraction of sp³-hybridized carbons (Fsp3) is 0.927. The fourth-order valence-electron chi connectivity index (χ4n) is 9.10. The molecule has 2 fully saturated rings. The van der Waals surface area contributed by atoms with Crippen LogP contribution in [0.5, 0.6) is 0 Å². The highest BCUT2D eigenvalue weighted by molar-refractivity contribution is 5.70. The van der Waals surface area contributed by atoms with Gasteiger partial charge in [-0.1, -0.05) is 199 Å². The second-order valence-electron chi connectivity index (χ2n) is 20.1. The number of allylic oxidation sites excluding steroid dienone is 2. The van der Waals surface area contributed by atoms with E-state index in [9.17, 15) is 45.3 Å². The molecule has 11 atom stereocenters. The second-order valence-corrected chi connectivity index (χ2v) is 20.1. The molecule has 0 radical (unpaired) electrons. The quantitative estimate of drug-likeness (QED) is 0.0172. The number of carbonyl (C=O) groups is 2. The molecule has 0 spiro atoms. The van der Waals surface area contributed by atoms with Gasteiger partial charge in [0.1, 0.15) is 55.4 Å². The lowest BCUT2D eigenvalue weighted by Crippen LogP contribution is -2.61. The van der Waals surface area contributed by atoms with E-state index in [0.29, 0.717) is 12.8 Å². The van der Waals surface area contributed by atoms with Crippen molar-refractivity contribution in [3.05, 3.63) is 12.2 Å². The Bertz CT molecular complexity index is 1270. The summed E-state index contributed by atoms with van der Waals surface area (Å²) in [5.74, 6) is -0.925. The molecule has 412 valence electrons. The molecule has 0 amide bonds. The summed E-state index contributed by atoms with van der Waals surface area (Å²) in [6.45, 7) is 2.55. The third-order valence-electron chi connectivity index (χ3n) is 13.7. The van der Waals surface area contributed by atoms with Crippen molar-refractivity contribution in [2.45, 2.75) is 300 Å². The summed E-state index contributed by atoms with van der Waals surface area (Å²) in [5, 5.41) is 72.1. The third-order valence-corrected chi connectivity index (χ3v) is 13.7. The number of rotatable bonds is 45. The van der Waals surface area contributed by atoms with Gasteiger partial charge in [-0.2, -0.15) is 0 Å². The van der Waals surface area contributed by atoms with Gasteiger partial charge >= 0.3 is 11.9 Å². The van der Waals surface area contributed by atoms with E-state index in [1.165, 1.54) is 128 Å². The number of unbranched alkanes of at least 4 members (excludes halogenated alkanes) is 29. The van der Waals surface area contributed by atoms with Gasteiger partial charge < -0.3 is 64.2 Å². The molecule has 2 rings (SSSR count). The van der Waals surface area contributed by atoms with E-state index in [4.69, 9.17) is 28.4 Å². The largest absolute Gasteiger partial charge is 0.462 e. The summed E-state index contributed by atoms with van der Waals surface area (Å²) in [7, 11) is 0. The van der Waals surface area contributed by atoms with E-state index >= 15 is 0 Å². The van der Waals surface area contributed by atoms with Crippen LogP contribution < -0.4 is 0 Å². The van der Waals surface area contributed by atoms with Crippen LogP contribution in [-0.2, 0) is 38.0 Å². The standard InChI is InChI=1S/C55H102O15/c1-3-5-7-9-11-13-15-16-17-18-19-20-21-22-23-24-25-26-27-28-30-31-33-35-37-46(57)65-40-43(68-47(58)38-36-34-32-29-14-12-10-8-6-4-2)41-66-54-53(64)51(62)49(60)45(70-54)42-67-55-52(63)50(61)48(59)44(39-56)69-55/h8,10,43-45,48-56,59-64H,3-7,9,11-42H2,1-2H3/b10-8-. The van der Waals surface area contributed by atoms with Crippen molar-refractivity contribution in [2.24, 2.45) is 0 Å². The van der Waals surface area contributed by atoms with Gasteiger partial charge in [-0.05, 0) is 32.1 Å². The van der Waals surface area contributed by atoms with Gasteiger partial charge in [-0.15, -0.1) is 0 Å². The normalized spacial score (nSPS) is 25.4. The van der Waals surface area contributed by atoms with Crippen LogP contribution in [0, 0.1) is 0 Å². The molecule has 2 heterocycles. The summed E-state index contributed by atoms with van der Waals surface area (Å²) in [6, 6.07) is 0. The van der Waals surface area contributed by atoms with Crippen LogP contribution in [0.25, 0.3) is 0 Å². The van der Waals surface area contributed by atoms with E-state index in [1.54, 1.807) is 0 Å². The van der Waals surface area contributed by atoms with Gasteiger partial charge in [0.2, 0.25) is 0 Å². The summed E-state index contributed by atoms with van der Waals surface area (Å²) in [6.07, 6.45) is 27.0. The Kier molecular flexibility index (Phi) is 39.1. The first kappa shape index (κ1) is 64.4. The van der Waals surface area contributed by atoms with E-state index in [0.717, 1.165) is 64.2 Å². The van der Waals surface area contributed by atoms with Crippen LogP contribution in [0.4, 0.5) is 0 Å². The first-order valence-corrected chi connectivity index (χ1v) is 28.3. The second kappa shape index (κ2) is 42.6. The molecule has 0 bridgehead atoms. The van der Waals surface area contributed by atoms with Crippen LogP contribution in [-0.4, -0.2) is 142 Å². The molecule has 2 saturated heterocycles. The maximum absolute atomic E-state index is 13.0. The van der Waals surface area contributed by atoms with Gasteiger partial charge in [-0.3, -0.25) is 9.59 Å². The molecule has 7 N–H and O–H groups in total. The van der Waals surface area contributed by atoms with Crippen LogP contribution in [0.3, 0.4) is 0 Å². The Labute approximate surface area is 422 Å². The number of aliphatic hydroxyl groups is 7. The maximum atomic E-state index is 13.0. The van der Waals surface area contributed by atoms with E-state index in [-0.39, 0.29) is 26.1 Å². The Morgan fingerprint density at radius 1 is 0.443 bits per heavy atom. The minimum absolute atomic E-state index is 0.158. The topological polar surface area (TPSA) is 231 Å². The SMILES string of the molecule is CCC/C=C\CCCCCCCC(=O)OC(COC(=O)CCCCCCCCCCCCCCCCCCCCCCCCCC)COC1OC(COC2OC(CO)C(O)C(O)C2O)C(O)C(O)C1O. The molecule has 0 aromatic heterocycles. The highest BCUT2D eigenvalue weighted by atomic mass is 16.7. The van der Waals surface area contributed by atoms with Gasteiger partial charge in [0.25, 0.3) is 0 Å². The van der Waals surface area contributed by atoms with Crippen LogP contribution in [0.2, 0.25) is 0 Å². The predicted molar refractivity (Wildman–Crippen MR) is 271 cm³/mol. The van der Waals surface area contributed by atoms with Crippen LogP contribution >= 0.6 is 0 Å². The Balaban J connectivity index is 1.68. The Hall–Kier alpha value is -1.76. The van der Waals surface area contributed by atoms with Crippen molar-refractivity contribution in [1.82, 2.24) is 0 Å².